The number of amides is 1. The van der Waals surface area contributed by atoms with Crippen molar-refractivity contribution < 1.29 is 13.9 Å². The Kier molecular flexibility index (Phi) is 5.30. The summed E-state index contributed by atoms with van der Waals surface area (Å²) >= 11 is 1.46. The molecular formula is C19H18N2O3S. The van der Waals surface area contributed by atoms with Gasteiger partial charge in [-0.25, -0.2) is 4.98 Å². The minimum Gasteiger partial charge on any atom is -0.497 e. The molecule has 2 heterocycles. The number of rotatable bonds is 6. The zero-order valence-electron chi connectivity index (χ0n) is 14.0. The van der Waals surface area contributed by atoms with Gasteiger partial charge in [0.25, 0.3) is 0 Å². The third-order valence-electron chi connectivity index (χ3n) is 3.48. The summed E-state index contributed by atoms with van der Waals surface area (Å²) in [6.07, 6.45) is 5.61. The van der Waals surface area contributed by atoms with E-state index in [9.17, 15) is 4.79 Å². The summed E-state index contributed by atoms with van der Waals surface area (Å²) in [6, 6.07) is 11.6. The number of benzene rings is 1. The molecule has 2 aromatic heterocycles. The number of thiazole rings is 1. The van der Waals surface area contributed by atoms with E-state index in [1.807, 2.05) is 43.3 Å². The Morgan fingerprint density at radius 1 is 1.28 bits per heavy atom. The monoisotopic (exact) mass is 354 g/mol. The second kappa shape index (κ2) is 7.81. The predicted molar refractivity (Wildman–Crippen MR) is 99.0 cm³/mol. The maximum absolute atomic E-state index is 11.9. The van der Waals surface area contributed by atoms with Crippen LogP contribution in [-0.2, 0) is 11.2 Å². The van der Waals surface area contributed by atoms with E-state index in [-0.39, 0.29) is 5.91 Å². The van der Waals surface area contributed by atoms with Gasteiger partial charge in [-0.3, -0.25) is 10.1 Å². The van der Waals surface area contributed by atoms with Gasteiger partial charge >= 0.3 is 0 Å². The minimum absolute atomic E-state index is 0.237. The first kappa shape index (κ1) is 17.0. The van der Waals surface area contributed by atoms with Crippen molar-refractivity contribution in [3.8, 4) is 5.75 Å². The molecule has 0 aliphatic carbocycles. The third-order valence-corrected chi connectivity index (χ3v) is 4.39. The van der Waals surface area contributed by atoms with Gasteiger partial charge in [-0.1, -0.05) is 12.1 Å². The summed E-state index contributed by atoms with van der Waals surface area (Å²) in [5.41, 5.74) is 1.16. The van der Waals surface area contributed by atoms with Crippen LogP contribution in [0.3, 0.4) is 0 Å². The van der Waals surface area contributed by atoms with Crippen LogP contribution in [-0.4, -0.2) is 18.0 Å². The quantitative estimate of drug-likeness (QED) is 0.671. The number of nitrogens with zero attached hydrogens (tertiary/aromatic N) is 1. The molecule has 0 saturated heterocycles. The molecule has 0 unspecified atom stereocenters. The molecule has 0 saturated carbocycles. The van der Waals surface area contributed by atoms with Crippen LogP contribution in [0.4, 0.5) is 5.13 Å². The Morgan fingerprint density at radius 3 is 2.76 bits per heavy atom. The maximum atomic E-state index is 11.9. The van der Waals surface area contributed by atoms with Crippen LogP contribution in [0.5, 0.6) is 5.75 Å². The largest absolute Gasteiger partial charge is 0.497 e. The number of carbonyl (C=O) groups excluding carboxylic acids is 1. The molecule has 0 spiro atoms. The van der Waals surface area contributed by atoms with E-state index < -0.39 is 0 Å². The normalized spacial score (nSPS) is 11.0. The lowest BCUT2D eigenvalue weighted by Crippen LogP contribution is -2.06. The molecule has 25 heavy (non-hydrogen) atoms. The summed E-state index contributed by atoms with van der Waals surface area (Å²) < 4.78 is 10.5. The van der Waals surface area contributed by atoms with Crippen LogP contribution in [0.2, 0.25) is 0 Å². The van der Waals surface area contributed by atoms with E-state index in [4.69, 9.17) is 9.15 Å². The Labute approximate surface area is 150 Å². The van der Waals surface area contributed by atoms with Crippen LogP contribution in [0.1, 0.15) is 22.0 Å². The standard InChI is InChI=1S/C19H18N2O3S/c1-13-3-6-16(24-13)9-10-18(22)21-19-20-12-17(25-19)11-14-4-7-15(23-2)8-5-14/h3-10,12H,11H2,1-2H3,(H,20,21,22)/b10-9-. The van der Waals surface area contributed by atoms with Crippen LogP contribution in [0.15, 0.2) is 53.1 Å². The van der Waals surface area contributed by atoms with E-state index >= 15 is 0 Å². The number of aryl methyl sites for hydroxylation is 1. The number of anilines is 1. The zero-order valence-corrected chi connectivity index (χ0v) is 14.8. The lowest BCUT2D eigenvalue weighted by Gasteiger charge is -2.01. The number of hydrogen-bond acceptors (Lipinski definition) is 5. The third kappa shape index (κ3) is 4.81. The first-order valence-corrected chi connectivity index (χ1v) is 8.57. The minimum atomic E-state index is -0.237. The number of ether oxygens (including phenoxy) is 1. The molecule has 3 rings (SSSR count). The summed E-state index contributed by atoms with van der Waals surface area (Å²) in [6.45, 7) is 1.86. The molecule has 1 N–H and O–H groups in total. The van der Waals surface area contributed by atoms with E-state index in [0.29, 0.717) is 10.9 Å². The smallest absolute Gasteiger partial charge is 0.250 e. The highest BCUT2D eigenvalue weighted by Gasteiger charge is 2.06. The molecule has 6 heteroatoms. The number of carbonyl (C=O) groups is 1. The fraction of sp³-hybridized carbons (Fsp3) is 0.158. The van der Waals surface area contributed by atoms with Gasteiger partial charge in [-0.2, -0.15) is 0 Å². The number of furan rings is 1. The number of methoxy groups -OCH3 is 1. The predicted octanol–water partition coefficient (Wildman–Crippen LogP) is 4.30. The number of hydrogen-bond donors (Lipinski definition) is 1. The molecule has 0 bridgehead atoms. The average molecular weight is 354 g/mol. The van der Waals surface area contributed by atoms with Gasteiger partial charge in [0.05, 0.1) is 7.11 Å². The lowest BCUT2D eigenvalue weighted by atomic mass is 10.1. The first-order valence-electron chi connectivity index (χ1n) is 7.75. The molecule has 0 fully saturated rings. The van der Waals surface area contributed by atoms with E-state index in [2.05, 4.69) is 10.3 Å². The molecule has 0 aliphatic rings. The molecule has 1 aromatic carbocycles. The first-order chi connectivity index (χ1) is 12.1. The summed E-state index contributed by atoms with van der Waals surface area (Å²) in [5, 5.41) is 3.34. The Morgan fingerprint density at radius 2 is 2.08 bits per heavy atom. The molecule has 0 aliphatic heterocycles. The molecule has 5 nitrogen and oxygen atoms in total. The maximum Gasteiger partial charge on any atom is 0.250 e. The molecular weight excluding hydrogens is 336 g/mol. The van der Waals surface area contributed by atoms with Crippen molar-refractivity contribution in [1.29, 1.82) is 0 Å². The van der Waals surface area contributed by atoms with Crippen LogP contribution in [0.25, 0.3) is 6.08 Å². The van der Waals surface area contributed by atoms with Crippen LogP contribution >= 0.6 is 11.3 Å². The Hall–Kier alpha value is -2.86. The van der Waals surface area contributed by atoms with Gasteiger partial charge in [0.1, 0.15) is 17.3 Å². The molecule has 128 valence electrons. The van der Waals surface area contributed by atoms with Crippen molar-refractivity contribution in [2.24, 2.45) is 0 Å². The lowest BCUT2D eigenvalue weighted by molar-refractivity contribution is -0.111. The fourth-order valence-corrected chi connectivity index (χ4v) is 3.09. The van der Waals surface area contributed by atoms with Gasteiger partial charge in [-0.05, 0) is 42.8 Å². The Balaban J connectivity index is 1.57. The van der Waals surface area contributed by atoms with Crippen molar-refractivity contribution in [3.05, 3.63) is 70.6 Å². The second-order valence-corrected chi connectivity index (χ2v) is 6.54. The summed E-state index contributed by atoms with van der Waals surface area (Å²) in [5.74, 6) is 2.05. The molecule has 0 radical (unpaired) electrons. The van der Waals surface area contributed by atoms with Crippen LogP contribution in [0, 0.1) is 6.92 Å². The molecule has 0 atom stereocenters. The average Bonchev–Trinajstić information content (AvgIpc) is 3.22. The Bertz CT molecular complexity index is 878. The van der Waals surface area contributed by atoms with Crippen molar-refractivity contribution >= 4 is 28.5 Å². The van der Waals surface area contributed by atoms with Gasteiger partial charge in [-0.15, -0.1) is 11.3 Å². The van der Waals surface area contributed by atoms with E-state index in [1.165, 1.54) is 17.4 Å². The van der Waals surface area contributed by atoms with Gasteiger partial charge in [0.15, 0.2) is 5.13 Å². The van der Waals surface area contributed by atoms with Gasteiger partial charge in [0, 0.05) is 23.6 Å². The number of nitrogens with one attached hydrogen (secondary N) is 1. The number of aromatic nitrogens is 1. The highest BCUT2D eigenvalue weighted by Crippen LogP contribution is 2.22. The fourth-order valence-electron chi connectivity index (χ4n) is 2.24. The highest BCUT2D eigenvalue weighted by atomic mass is 32.1. The molecule has 1 amide bonds. The highest BCUT2D eigenvalue weighted by molar-refractivity contribution is 7.15. The second-order valence-electron chi connectivity index (χ2n) is 5.43. The van der Waals surface area contributed by atoms with Crippen molar-refractivity contribution in [3.63, 3.8) is 0 Å². The SMILES string of the molecule is COc1ccc(Cc2cnc(NC(=O)/C=C\c3ccc(C)o3)s2)cc1. The van der Waals surface area contributed by atoms with E-state index in [0.717, 1.165) is 28.4 Å². The summed E-state index contributed by atoms with van der Waals surface area (Å²) in [7, 11) is 1.65. The summed E-state index contributed by atoms with van der Waals surface area (Å²) in [4.78, 5) is 17.3. The van der Waals surface area contributed by atoms with Crippen molar-refractivity contribution in [2.45, 2.75) is 13.3 Å². The topological polar surface area (TPSA) is 64.4 Å². The zero-order chi connectivity index (χ0) is 17.6. The van der Waals surface area contributed by atoms with Gasteiger partial charge < -0.3 is 9.15 Å². The van der Waals surface area contributed by atoms with Crippen molar-refractivity contribution in [2.75, 3.05) is 12.4 Å². The van der Waals surface area contributed by atoms with Crippen LogP contribution < -0.4 is 10.1 Å². The van der Waals surface area contributed by atoms with Gasteiger partial charge in [0.2, 0.25) is 5.91 Å². The van der Waals surface area contributed by atoms with Crippen molar-refractivity contribution in [1.82, 2.24) is 4.98 Å². The molecule has 3 aromatic rings. The van der Waals surface area contributed by atoms with E-state index in [1.54, 1.807) is 19.4 Å².